The summed E-state index contributed by atoms with van der Waals surface area (Å²) in [6.07, 6.45) is 1.14. The van der Waals surface area contributed by atoms with Gasteiger partial charge in [0.25, 0.3) is 0 Å². The molecule has 1 heterocycles. The number of aryl methyl sites for hydroxylation is 1. The van der Waals surface area contributed by atoms with Crippen molar-refractivity contribution in [2.24, 2.45) is 0 Å². The van der Waals surface area contributed by atoms with E-state index in [1.54, 1.807) is 0 Å². The maximum absolute atomic E-state index is 6.24. The van der Waals surface area contributed by atoms with Crippen LogP contribution in [0.25, 0.3) is 10.9 Å². The fourth-order valence-corrected chi connectivity index (χ4v) is 2.18. The molecule has 2 rings (SSSR count). The molecule has 16 heavy (non-hydrogen) atoms. The van der Waals surface area contributed by atoms with E-state index in [1.165, 1.54) is 5.56 Å². The smallest absolute Gasteiger partial charge is 0.0720 e. The highest BCUT2D eigenvalue weighted by Gasteiger charge is 2.07. The minimum absolute atomic E-state index is 0.571. The lowest BCUT2D eigenvalue weighted by Crippen LogP contribution is -1.92. The Hall–Kier alpha value is -1.08. The van der Waals surface area contributed by atoms with Gasteiger partial charge in [-0.15, -0.1) is 0 Å². The largest absolute Gasteiger partial charge is 0.253 e. The lowest BCUT2D eigenvalue weighted by Gasteiger charge is -2.10. The topological polar surface area (TPSA) is 12.9 Å². The zero-order valence-corrected chi connectivity index (χ0v) is 10.7. The van der Waals surface area contributed by atoms with Crippen LogP contribution in [-0.4, -0.2) is 4.98 Å². The molecule has 0 radical (unpaired) electrons. The van der Waals surface area contributed by atoms with Gasteiger partial charge in [-0.05, 0) is 43.0 Å². The molecule has 2 heteroatoms. The van der Waals surface area contributed by atoms with Gasteiger partial charge in [0.1, 0.15) is 0 Å². The van der Waals surface area contributed by atoms with Crippen LogP contribution in [0.2, 0.25) is 5.02 Å². The van der Waals surface area contributed by atoms with Crippen LogP contribution in [0.5, 0.6) is 0 Å². The third-order valence-corrected chi connectivity index (χ3v) is 3.40. The molecular formula is C14H16ClN. The molecule has 0 N–H and O–H groups in total. The molecule has 0 aliphatic carbocycles. The standard InChI is InChI=1S/C14H16ClN/c1-4-9(2)11-5-6-14-12(8-11)13(15)7-10(3)16-14/h5-9H,4H2,1-3H3. The molecule has 0 fully saturated rings. The van der Waals surface area contributed by atoms with Crippen LogP contribution in [0.1, 0.15) is 37.4 Å². The van der Waals surface area contributed by atoms with Gasteiger partial charge in [-0.25, -0.2) is 0 Å². The van der Waals surface area contributed by atoms with Gasteiger partial charge in [-0.1, -0.05) is 31.5 Å². The van der Waals surface area contributed by atoms with Crippen LogP contribution in [0.3, 0.4) is 0 Å². The van der Waals surface area contributed by atoms with Crippen LogP contribution >= 0.6 is 11.6 Å². The van der Waals surface area contributed by atoms with Crippen molar-refractivity contribution in [3.63, 3.8) is 0 Å². The molecule has 1 aromatic carbocycles. The third-order valence-electron chi connectivity index (χ3n) is 3.09. The number of pyridine rings is 1. The average Bonchev–Trinajstić information content (AvgIpc) is 2.27. The summed E-state index contributed by atoms with van der Waals surface area (Å²) in [6.45, 7) is 6.40. The molecule has 0 aliphatic heterocycles. The number of hydrogen-bond donors (Lipinski definition) is 0. The van der Waals surface area contributed by atoms with Gasteiger partial charge >= 0.3 is 0 Å². The number of nitrogens with zero attached hydrogens (tertiary/aromatic N) is 1. The summed E-state index contributed by atoms with van der Waals surface area (Å²) in [5.74, 6) is 0.571. The van der Waals surface area contributed by atoms with Gasteiger partial charge in [0, 0.05) is 11.1 Å². The Kier molecular flexibility index (Phi) is 3.15. The van der Waals surface area contributed by atoms with Crippen LogP contribution in [0.15, 0.2) is 24.3 Å². The first-order valence-corrected chi connectivity index (χ1v) is 6.06. The number of hydrogen-bond acceptors (Lipinski definition) is 1. The summed E-state index contributed by atoms with van der Waals surface area (Å²) in [6, 6.07) is 8.30. The summed E-state index contributed by atoms with van der Waals surface area (Å²) in [5.41, 5.74) is 3.29. The summed E-state index contributed by atoms with van der Waals surface area (Å²) in [5, 5.41) is 1.86. The molecule has 0 spiro atoms. The fraction of sp³-hybridized carbons (Fsp3) is 0.357. The minimum atomic E-state index is 0.571. The van der Waals surface area contributed by atoms with Crippen molar-refractivity contribution in [2.45, 2.75) is 33.1 Å². The Balaban J connectivity index is 2.62. The van der Waals surface area contributed by atoms with Crippen molar-refractivity contribution >= 4 is 22.5 Å². The summed E-state index contributed by atoms with van der Waals surface area (Å²) in [7, 11) is 0. The van der Waals surface area contributed by atoms with Crippen molar-refractivity contribution in [1.29, 1.82) is 0 Å². The molecule has 0 amide bonds. The maximum Gasteiger partial charge on any atom is 0.0720 e. The van der Waals surface area contributed by atoms with E-state index in [0.29, 0.717) is 5.92 Å². The third kappa shape index (κ3) is 2.05. The quantitative estimate of drug-likeness (QED) is 0.732. The summed E-state index contributed by atoms with van der Waals surface area (Å²) < 4.78 is 0. The number of halogens is 1. The van der Waals surface area contributed by atoms with E-state index in [0.717, 1.165) is 28.0 Å². The van der Waals surface area contributed by atoms with Gasteiger partial charge in [0.05, 0.1) is 10.5 Å². The molecule has 84 valence electrons. The lowest BCUT2D eigenvalue weighted by molar-refractivity contribution is 0.734. The van der Waals surface area contributed by atoms with Crippen molar-refractivity contribution in [2.75, 3.05) is 0 Å². The summed E-state index contributed by atoms with van der Waals surface area (Å²) >= 11 is 6.24. The predicted octanol–water partition coefficient (Wildman–Crippen LogP) is 4.71. The Labute approximate surface area is 101 Å². The predicted molar refractivity (Wildman–Crippen MR) is 70.2 cm³/mol. The Morgan fingerprint density at radius 1 is 1.31 bits per heavy atom. The van der Waals surface area contributed by atoms with E-state index < -0.39 is 0 Å². The van der Waals surface area contributed by atoms with E-state index in [-0.39, 0.29) is 0 Å². The maximum atomic E-state index is 6.24. The molecule has 0 saturated carbocycles. The fourth-order valence-electron chi connectivity index (χ4n) is 1.87. The molecule has 0 saturated heterocycles. The molecule has 2 aromatic rings. The minimum Gasteiger partial charge on any atom is -0.253 e. The molecule has 0 aliphatic rings. The lowest BCUT2D eigenvalue weighted by atomic mass is 9.97. The first-order valence-electron chi connectivity index (χ1n) is 5.68. The Bertz CT molecular complexity index is 519. The van der Waals surface area contributed by atoms with Crippen LogP contribution < -0.4 is 0 Å². The van der Waals surface area contributed by atoms with Crippen molar-refractivity contribution < 1.29 is 0 Å². The highest BCUT2D eigenvalue weighted by molar-refractivity contribution is 6.35. The first kappa shape index (κ1) is 11.4. The van der Waals surface area contributed by atoms with Gasteiger partial charge in [0.15, 0.2) is 0 Å². The zero-order valence-electron chi connectivity index (χ0n) is 9.92. The Morgan fingerprint density at radius 2 is 2.06 bits per heavy atom. The van der Waals surface area contributed by atoms with E-state index in [1.807, 2.05) is 13.0 Å². The average molecular weight is 234 g/mol. The van der Waals surface area contributed by atoms with Crippen LogP contribution in [0.4, 0.5) is 0 Å². The number of benzene rings is 1. The van der Waals surface area contributed by atoms with Crippen molar-refractivity contribution in [1.82, 2.24) is 4.98 Å². The second-order valence-corrected chi connectivity index (χ2v) is 4.74. The Morgan fingerprint density at radius 3 is 2.75 bits per heavy atom. The first-order chi connectivity index (χ1) is 7.61. The molecule has 1 nitrogen and oxygen atoms in total. The number of aromatic nitrogens is 1. The SMILES string of the molecule is CCC(C)c1ccc2nc(C)cc(Cl)c2c1. The molecule has 1 atom stereocenters. The molecule has 1 aromatic heterocycles. The summed E-state index contributed by atoms with van der Waals surface area (Å²) in [4.78, 5) is 4.48. The molecular weight excluding hydrogens is 218 g/mol. The molecule has 1 unspecified atom stereocenters. The van der Waals surface area contributed by atoms with E-state index in [4.69, 9.17) is 11.6 Å². The van der Waals surface area contributed by atoms with E-state index >= 15 is 0 Å². The monoisotopic (exact) mass is 233 g/mol. The molecule has 0 bridgehead atoms. The second-order valence-electron chi connectivity index (χ2n) is 4.33. The van der Waals surface area contributed by atoms with Gasteiger partial charge in [-0.3, -0.25) is 4.98 Å². The second kappa shape index (κ2) is 4.42. The highest BCUT2D eigenvalue weighted by atomic mass is 35.5. The normalized spacial score (nSPS) is 13.0. The highest BCUT2D eigenvalue weighted by Crippen LogP contribution is 2.27. The zero-order chi connectivity index (χ0) is 11.7. The van der Waals surface area contributed by atoms with Crippen LogP contribution in [0, 0.1) is 6.92 Å². The van der Waals surface area contributed by atoms with Gasteiger partial charge in [0.2, 0.25) is 0 Å². The van der Waals surface area contributed by atoms with Gasteiger partial charge < -0.3 is 0 Å². The van der Waals surface area contributed by atoms with E-state index in [9.17, 15) is 0 Å². The number of rotatable bonds is 2. The van der Waals surface area contributed by atoms with E-state index in [2.05, 4.69) is 37.0 Å². The van der Waals surface area contributed by atoms with Gasteiger partial charge in [-0.2, -0.15) is 0 Å². The number of fused-ring (bicyclic) bond motifs is 1. The van der Waals surface area contributed by atoms with Crippen molar-refractivity contribution in [3.05, 3.63) is 40.5 Å². The van der Waals surface area contributed by atoms with Crippen LogP contribution in [-0.2, 0) is 0 Å². The van der Waals surface area contributed by atoms with Crippen molar-refractivity contribution in [3.8, 4) is 0 Å².